The quantitative estimate of drug-likeness (QED) is 0.131. The number of halogens is 3. The summed E-state index contributed by atoms with van der Waals surface area (Å²) in [6, 6.07) is 20.9. The molecule has 0 spiro atoms. The van der Waals surface area contributed by atoms with Crippen LogP contribution in [-0.4, -0.2) is 45.3 Å². The zero-order chi connectivity index (χ0) is 38.1. The number of aliphatic carboxylic acids is 1. The Labute approximate surface area is 314 Å². The molecule has 1 aromatic heterocycles. The summed E-state index contributed by atoms with van der Waals surface area (Å²) in [6.45, 7) is 6.98. The van der Waals surface area contributed by atoms with E-state index in [9.17, 15) is 28.2 Å². The number of likely N-dealkylation sites (tertiary alicyclic amines) is 1. The fourth-order valence-corrected chi connectivity index (χ4v) is 8.36. The van der Waals surface area contributed by atoms with Crippen LogP contribution in [0.15, 0.2) is 71.1 Å². The lowest BCUT2D eigenvalue weighted by molar-refractivity contribution is -0.141. The minimum absolute atomic E-state index is 0.0873. The van der Waals surface area contributed by atoms with Gasteiger partial charge in [-0.2, -0.15) is 13.2 Å². The largest absolute Gasteiger partial charge is 0.481 e. The van der Waals surface area contributed by atoms with Gasteiger partial charge in [-0.3, -0.25) is 9.69 Å². The summed E-state index contributed by atoms with van der Waals surface area (Å²) in [5, 5.41) is 19.2. The van der Waals surface area contributed by atoms with Crippen LogP contribution in [0.2, 0.25) is 0 Å². The monoisotopic (exact) mass is 736 g/mol. The number of carboxylic acids is 1. The Morgan fingerprint density at radius 2 is 1.67 bits per heavy atom. The number of aliphatic hydroxyl groups excluding tert-OH is 1. The average Bonchev–Trinajstić information content (AvgIpc) is 3.88. The van der Waals surface area contributed by atoms with Crippen molar-refractivity contribution in [3.63, 3.8) is 0 Å². The number of oxazole rings is 1. The maximum atomic E-state index is 14.4. The molecule has 1 aliphatic carbocycles. The van der Waals surface area contributed by atoms with E-state index in [4.69, 9.17) is 9.40 Å². The van der Waals surface area contributed by atoms with Crippen molar-refractivity contribution in [1.29, 1.82) is 0 Å². The number of benzene rings is 4. The first-order chi connectivity index (χ1) is 25.8. The molecule has 0 radical (unpaired) electrons. The van der Waals surface area contributed by atoms with Crippen molar-refractivity contribution >= 4 is 29.2 Å². The molecule has 9 heteroatoms. The smallest absolute Gasteiger partial charge is 0.416 e. The van der Waals surface area contributed by atoms with Crippen molar-refractivity contribution in [2.75, 3.05) is 13.1 Å². The highest BCUT2D eigenvalue weighted by Gasteiger charge is 2.34. The number of fused-ring (bicyclic) bond motifs is 1. The third-order valence-electron chi connectivity index (χ3n) is 11.5. The number of hydrogen-bond acceptors (Lipinski definition) is 5. The molecule has 1 aliphatic heterocycles. The molecule has 2 heterocycles. The van der Waals surface area contributed by atoms with Gasteiger partial charge in [-0.1, -0.05) is 61.0 Å². The van der Waals surface area contributed by atoms with Crippen LogP contribution in [0.25, 0.3) is 45.8 Å². The molecule has 1 saturated heterocycles. The fraction of sp³-hybridized carbons (Fsp3) is 0.378. The second-order valence-corrected chi connectivity index (χ2v) is 15.3. The van der Waals surface area contributed by atoms with Crippen LogP contribution in [0, 0.1) is 32.6 Å². The number of alkyl halides is 3. The van der Waals surface area contributed by atoms with Crippen molar-refractivity contribution in [3.05, 3.63) is 111 Å². The zero-order valence-electron chi connectivity index (χ0n) is 31.0. The number of aryl methyl sites for hydroxylation is 2. The van der Waals surface area contributed by atoms with Gasteiger partial charge in [0.1, 0.15) is 5.52 Å². The van der Waals surface area contributed by atoms with Crippen LogP contribution in [0.5, 0.6) is 0 Å². The topological polar surface area (TPSA) is 86.8 Å². The summed E-state index contributed by atoms with van der Waals surface area (Å²) in [6.07, 6.45) is 5.20. The Morgan fingerprint density at radius 1 is 0.926 bits per heavy atom. The van der Waals surface area contributed by atoms with Crippen molar-refractivity contribution in [2.45, 2.75) is 84.5 Å². The molecule has 2 fully saturated rings. The molecule has 7 rings (SSSR count). The van der Waals surface area contributed by atoms with Crippen LogP contribution in [-0.2, 0) is 23.9 Å². The summed E-state index contributed by atoms with van der Waals surface area (Å²) in [5.74, 6) is -0.200. The van der Waals surface area contributed by atoms with Crippen molar-refractivity contribution < 1.29 is 32.6 Å². The van der Waals surface area contributed by atoms with E-state index in [0.29, 0.717) is 36.9 Å². The predicted octanol–water partition coefficient (Wildman–Crippen LogP) is 10.7. The van der Waals surface area contributed by atoms with Gasteiger partial charge in [0, 0.05) is 18.7 Å². The third kappa shape index (κ3) is 8.17. The first-order valence-electron chi connectivity index (χ1n) is 19.0. The number of carbonyl (C=O) groups is 1. The summed E-state index contributed by atoms with van der Waals surface area (Å²) in [4.78, 5) is 18.2. The van der Waals surface area contributed by atoms with Crippen LogP contribution in [0.3, 0.4) is 0 Å². The van der Waals surface area contributed by atoms with Gasteiger partial charge >= 0.3 is 12.1 Å². The lowest BCUT2D eigenvalue weighted by Gasteiger charge is -2.20. The molecular formula is C45H47F3N2O4. The van der Waals surface area contributed by atoms with E-state index >= 15 is 0 Å². The van der Waals surface area contributed by atoms with Gasteiger partial charge in [-0.05, 0) is 146 Å². The third-order valence-corrected chi connectivity index (χ3v) is 11.5. The molecule has 2 N–H and O–H groups in total. The molecule has 3 atom stereocenters. The van der Waals surface area contributed by atoms with Crippen LogP contribution in [0.1, 0.15) is 83.0 Å². The van der Waals surface area contributed by atoms with E-state index in [1.54, 1.807) is 19.1 Å². The van der Waals surface area contributed by atoms with Crippen molar-refractivity contribution in [1.82, 2.24) is 9.88 Å². The Balaban J connectivity index is 1.11. The summed E-state index contributed by atoms with van der Waals surface area (Å²) >= 11 is 0. The van der Waals surface area contributed by atoms with E-state index in [-0.39, 0.29) is 18.2 Å². The number of aromatic nitrogens is 1. The predicted molar refractivity (Wildman–Crippen MR) is 207 cm³/mol. The van der Waals surface area contributed by atoms with Crippen molar-refractivity contribution in [3.8, 4) is 22.6 Å². The molecule has 282 valence electrons. The maximum Gasteiger partial charge on any atom is 0.416 e. The SMILES string of the molecule is Cc1cc(/C=C/c2cccc(-c3cccc(-c4nc5cc(CCCC6CC[C@@H](O)C6)ccc5o4)c3C)c2C)c(C(F)(F)F)cc1CN1CC[C@@H](C(=O)O)C1. The molecular weight excluding hydrogens is 689 g/mol. The summed E-state index contributed by atoms with van der Waals surface area (Å²) < 4.78 is 49.5. The van der Waals surface area contributed by atoms with E-state index in [0.717, 1.165) is 88.6 Å². The second kappa shape index (κ2) is 15.6. The van der Waals surface area contributed by atoms with E-state index in [1.807, 2.05) is 61.2 Å². The van der Waals surface area contributed by atoms with E-state index < -0.39 is 23.6 Å². The second-order valence-electron chi connectivity index (χ2n) is 15.3. The van der Waals surface area contributed by atoms with Crippen molar-refractivity contribution in [2.24, 2.45) is 11.8 Å². The minimum atomic E-state index is -4.56. The van der Waals surface area contributed by atoms with Crippen LogP contribution < -0.4 is 0 Å². The molecule has 0 amide bonds. The Morgan fingerprint density at radius 3 is 2.39 bits per heavy atom. The molecule has 0 bridgehead atoms. The maximum absolute atomic E-state index is 14.4. The summed E-state index contributed by atoms with van der Waals surface area (Å²) in [7, 11) is 0. The molecule has 54 heavy (non-hydrogen) atoms. The first kappa shape index (κ1) is 37.6. The number of hydrogen-bond donors (Lipinski definition) is 2. The Hall–Kier alpha value is -4.73. The zero-order valence-corrected chi connectivity index (χ0v) is 31.0. The Bertz CT molecular complexity index is 2200. The highest BCUT2D eigenvalue weighted by atomic mass is 19.4. The molecule has 2 aliphatic rings. The highest BCUT2D eigenvalue weighted by Crippen LogP contribution is 2.38. The molecule has 4 aromatic carbocycles. The highest BCUT2D eigenvalue weighted by molar-refractivity contribution is 5.83. The normalized spacial score (nSPS) is 19.4. The molecule has 5 aromatic rings. The minimum Gasteiger partial charge on any atom is -0.481 e. The van der Waals surface area contributed by atoms with Gasteiger partial charge in [0.25, 0.3) is 0 Å². The summed E-state index contributed by atoms with van der Waals surface area (Å²) in [5.41, 5.74) is 9.00. The number of nitrogens with zero attached hydrogens (tertiary/aromatic N) is 2. The lowest BCUT2D eigenvalue weighted by Crippen LogP contribution is -2.23. The van der Waals surface area contributed by atoms with Crippen LogP contribution in [0.4, 0.5) is 13.2 Å². The van der Waals surface area contributed by atoms with Gasteiger partial charge < -0.3 is 14.6 Å². The fourth-order valence-electron chi connectivity index (χ4n) is 8.36. The molecule has 1 saturated carbocycles. The Kier molecular flexibility index (Phi) is 10.8. The number of rotatable bonds is 11. The number of carboxylic acid groups (broad SMARTS) is 1. The van der Waals surface area contributed by atoms with Gasteiger partial charge in [-0.25, -0.2) is 4.98 Å². The van der Waals surface area contributed by atoms with Gasteiger partial charge in [0.15, 0.2) is 5.58 Å². The molecule has 1 unspecified atom stereocenters. The standard InChI is InChI=1S/C45H47F3N2O4/c1-27-21-33(40(45(46,47)48)24-35(27)26-50-20-19-34(25-50)44(52)53)16-15-32-9-5-10-37(28(32)2)38-11-6-12-39(29(38)3)43-49-41-23-31(14-18-42(41)54-43)8-4-7-30-13-17-36(51)22-30/h5-6,9-12,14-16,18,21,23-24,30,34,36,51H,4,7-8,13,17,19-20,22,25-26H2,1-3H3,(H,52,53)/b16-15+/t30?,34-,36-/m1/s1. The average molecular weight is 737 g/mol. The van der Waals surface area contributed by atoms with E-state index in [2.05, 4.69) is 12.1 Å². The lowest BCUT2D eigenvalue weighted by atomic mass is 9.91. The van der Waals surface area contributed by atoms with Gasteiger partial charge in [-0.15, -0.1) is 0 Å². The number of aliphatic hydroxyl groups is 1. The molecule has 6 nitrogen and oxygen atoms in total. The van der Waals surface area contributed by atoms with E-state index in [1.165, 1.54) is 17.7 Å². The van der Waals surface area contributed by atoms with Gasteiger partial charge in [0.2, 0.25) is 5.89 Å². The first-order valence-corrected chi connectivity index (χ1v) is 19.0. The van der Waals surface area contributed by atoms with Gasteiger partial charge in [0.05, 0.1) is 17.6 Å². The van der Waals surface area contributed by atoms with Crippen LogP contribution >= 0.6 is 0 Å².